The summed E-state index contributed by atoms with van der Waals surface area (Å²) in [7, 11) is 0. The minimum atomic E-state index is -0.874. The molecule has 0 spiro atoms. The van der Waals surface area contributed by atoms with Crippen molar-refractivity contribution < 1.29 is 19.4 Å². The van der Waals surface area contributed by atoms with Crippen LogP contribution in [-0.2, 0) is 4.79 Å². The van der Waals surface area contributed by atoms with Gasteiger partial charge in [0.15, 0.2) is 0 Å². The van der Waals surface area contributed by atoms with Crippen LogP contribution in [0.2, 0.25) is 0 Å². The first-order valence-electron chi connectivity index (χ1n) is 8.69. The summed E-state index contributed by atoms with van der Waals surface area (Å²) in [5.74, 6) is -0.320. The molecular weight excluding hydrogens is 330 g/mol. The van der Waals surface area contributed by atoms with Gasteiger partial charge < -0.3 is 15.2 Å². The summed E-state index contributed by atoms with van der Waals surface area (Å²) in [6.45, 7) is 6.09. The molecule has 1 amide bonds. The molecule has 138 valence electrons. The van der Waals surface area contributed by atoms with Gasteiger partial charge in [0.25, 0.3) is 5.91 Å². The fourth-order valence-electron chi connectivity index (χ4n) is 2.51. The molecule has 0 saturated carbocycles. The molecule has 5 nitrogen and oxygen atoms in total. The first-order valence-corrected chi connectivity index (χ1v) is 8.69. The number of hydrogen-bond donors (Lipinski definition) is 2. The van der Waals surface area contributed by atoms with Crippen LogP contribution in [0.5, 0.6) is 5.75 Å². The second kappa shape index (κ2) is 8.52. The maximum absolute atomic E-state index is 12.4. The highest BCUT2D eigenvalue weighted by Gasteiger charge is 2.26. The molecule has 0 fully saturated rings. The maximum Gasteiger partial charge on any atom is 0.309 e. The molecule has 0 aliphatic heterocycles. The van der Waals surface area contributed by atoms with Crippen molar-refractivity contribution in [2.45, 2.75) is 27.2 Å². The number of para-hydroxylation sites is 1. The number of benzene rings is 2. The lowest BCUT2D eigenvalue weighted by Crippen LogP contribution is -2.31. The zero-order valence-electron chi connectivity index (χ0n) is 15.4. The van der Waals surface area contributed by atoms with Gasteiger partial charge in [-0.25, -0.2) is 0 Å². The molecule has 26 heavy (non-hydrogen) atoms. The first-order chi connectivity index (χ1) is 12.3. The van der Waals surface area contributed by atoms with Crippen LogP contribution < -0.4 is 10.1 Å². The number of nitrogens with one attached hydrogen (secondary N) is 1. The highest BCUT2D eigenvalue weighted by molar-refractivity contribution is 5.95. The Morgan fingerprint density at radius 1 is 1.12 bits per heavy atom. The molecule has 0 unspecified atom stereocenters. The second-order valence-corrected chi connectivity index (χ2v) is 6.70. The highest BCUT2D eigenvalue weighted by Crippen LogP contribution is 2.30. The van der Waals surface area contributed by atoms with E-state index in [4.69, 9.17) is 9.84 Å². The molecule has 0 saturated heterocycles. The number of ether oxygens (including phenoxy) is 1. The zero-order valence-corrected chi connectivity index (χ0v) is 15.4. The molecule has 2 aromatic carbocycles. The van der Waals surface area contributed by atoms with E-state index in [1.807, 2.05) is 49.4 Å². The third-order valence-corrected chi connectivity index (χ3v) is 4.24. The van der Waals surface area contributed by atoms with Crippen LogP contribution in [0, 0.1) is 5.41 Å². The number of aliphatic carboxylic acids is 1. The third-order valence-electron chi connectivity index (χ3n) is 4.24. The average molecular weight is 355 g/mol. The summed E-state index contributed by atoms with van der Waals surface area (Å²) < 4.78 is 5.66. The Morgan fingerprint density at radius 2 is 1.85 bits per heavy atom. The van der Waals surface area contributed by atoms with Gasteiger partial charge in [-0.05, 0) is 51.0 Å². The topological polar surface area (TPSA) is 75.6 Å². The molecule has 5 heteroatoms. The lowest BCUT2D eigenvalue weighted by molar-refractivity contribution is -0.147. The quantitative estimate of drug-likeness (QED) is 0.751. The van der Waals surface area contributed by atoms with E-state index >= 15 is 0 Å². The van der Waals surface area contributed by atoms with E-state index in [0.29, 0.717) is 25.1 Å². The number of carbonyl (C=O) groups is 2. The average Bonchev–Trinajstić information content (AvgIpc) is 2.62. The standard InChI is InChI=1S/C21H25NO4/c1-4-26-18-11-6-5-10-17(18)15-8-7-9-16(14-15)19(23)22-13-12-21(2,3)20(24)25/h5-11,14H,4,12-13H2,1-3H3,(H,22,23)(H,24,25). The number of carboxylic acid groups (broad SMARTS) is 1. The molecule has 0 aromatic heterocycles. The van der Waals surface area contributed by atoms with Gasteiger partial charge in [-0.15, -0.1) is 0 Å². The summed E-state index contributed by atoms with van der Waals surface area (Å²) in [4.78, 5) is 23.5. The van der Waals surface area contributed by atoms with Crippen LogP contribution in [0.4, 0.5) is 0 Å². The Morgan fingerprint density at radius 3 is 2.54 bits per heavy atom. The second-order valence-electron chi connectivity index (χ2n) is 6.70. The third kappa shape index (κ3) is 4.85. The van der Waals surface area contributed by atoms with Gasteiger partial charge in [-0.3, -0.25) is 9.59 Å². The smallest absolute Gasteiger partial charge is 0.309 e. The van der Waals surface area contributed by atoms with E-state index in [1.54, 1.807) is 19.9 Å². The molecule has 2 N–H and O–H groups in total. The van der Waals surface area contributed by atoms with E-state index in [1.165, 1.54) is 0 Å². The van der Waals surface area contributed by atoms with E-state index in [-0.39, 0.29) is 5.91 Å². The van der Waals surface area contributed by atoms with Crippen LogP contribution in [-0.4, -0.2) is 30.1 Å². The number of carbonyl (C=O) groups excluding carboxylic acids is 1. The van der Waals surface area contributed by atoms with Crippen LogP contribution in [0.3, 0.4) is 0 Å². The Balaban J connectivity index is 2.12. The molecule has 2 rings (SSSR count). The highest BCUT2D eigenvalue weighted by atomic mass is 16.5. The molecule has 0 aliphatic rings. The van der Waals surface area contributed by atoms with Crippen LogP contribution in [0.25, 0.3) is 11.1 Å². The van der Waals surface area contributed by atoms with Crippen LogP contribution in [0.1, 0.15) is 37.6 Å². The molecule has 0 atom stereocenters. The number of carboxylic acids is 1. The van der Waals surface area contributed by atoms with Crippen LogP contribution in [0.15, 0.2) is 48.5 Å². The normalized spacial score (nSPS) is 11.0. The maximum atomic E-state index is 12.4. The van der Waals surface area contributed by atoms with E-state index < -0.39 is 11.4 Å². The summed E-state index contributed by atoms with van der Waals surface area (Å²) >= 11 is 0. The predicted octanol–water partition coefficient (Wildman–Crippen LogP) is 3.98. The van der Waals surface area contributed by atoms with Crippen molar-refractivity contribution in [2.75, 3.05) is 13.2 Å². The molecule has 0 radical (unpaired) electrons. The minimum Gasteiger partial charge on any atom is -0.493 e. The Kier molecular flexibility index (Phi) is 6.39. The fraction of sp³-hybridized carbons (Fsp3) is 0.333. The number of rotatable bonds is 8. The van der Waals surface area contributed by atoms with Crippen molar-refractivity contribution >= 4 is 11.9 Å². The summed E-state index contributed by atoms with van der Waals surface area (Å²) in [5.41, 5.74) is 1.48. The van der Waals surface area contributed by atoms with Gasteiger partial charge in [-0.2, -0.15) is 0 Å². The monoisotopic (exact) mass is 355 g/mol. The Labute approximate surface area is 154 Å². The fourth-order valence-corrected chi connectivity index (χ4v) is 2.51. The van der Waals surface area contributed by atoms with E-state index in [2.05, 4.69) is 5.32 Å². The van der Waals surface area contributed by atoms with Gasteiger partial charge in [0.05, 0.1) is 12.0 Å². The number of hydrogen-bond acceptors (Lipinski definition) is 3. The SMILES string of the molecule is CCOc1ccccc1-c1cccc(C(=O)NCCC(C)(C)C(=O)O)c1. The molecule has 0 aliphatic carbocycles. The Hall–Kier alpha value is -2.82. The predicted molar refractivity (Wildman–Crippen MR) is 101 cm³/mol. The van der Waals surface area contributed by atoms with Crippen molar-refractivity contribution in [2.24, 2.45) is 5.41 Å². The summed E-state index contributed by atoms with van der Waals surface area (Å²) in [5, 5.41) is 11.9. The number of amides is 1. The van der Waals surface area contributed by atoms with E-state index in [0.717, 1.165) is 16.9 Å². The summed E-state index contributed by atoms with van der Waals surface area (Å²) in [6.07, 6.45) is 0.362. The summed E-state index contributed by atoms with van der Waals surface area (Å²) in [6, 6.07) is 15.0. The lowest BCUT2D eigenvalue weighted by atomic mass is 9.89. The van der Waals surface area contributed by atoms with Crippen molar-refractivity contribution in [1.29, 1.82) is 0 Å². The molecule has 0 heterocycles. The van der Waals surface area contributed by atoms with Gasteiger partial charge >= 0.3 is 5.97 Å². The minimum absolute atomic E-state index is 0.220. The van der Waals surface area contributed by atoms with Gasteiger partial charge in [0.2, 0.25) is 0 Å². The van der Waals surface area contributed by atoms with Crippen molar-refractivity contribution in [3.05, 3.63) is 54.1 Å². The van der Waals surface area contributed by atoms with E-state index in [9.17, 15) is 9.59 Å². The van der Waals surface area contributed by atoms with Crippen molar-refractivity contribution in [3.8, 4) is 16.9 Å². The van der Waals surface area contributed by atoms with Crippen molar-refractivity contribution in [1.82, 2.24) is 5.32 Å². The largest absolute Gasteiger partial charge is 0.493 e. The Bertz CT molecular complexity index is 783. The molecule has 0 bridgehead atoms. The lowest BCUT2D eigenvalue weighted by Gasteiger charge is -2.19. The van der Waals surface area contributed by atoms with Gasteiger partial charge in [0, 0.05) is 17.7 Å². The van der Waals surface area contributed by atoms with Gasteiger partial charge in [-0.1, -0.05) is 30.3 Å². The first kappa shape index (κ1) is 19.5. The zero-order chi connectivity index (χ0) is 19.2. The van der Waals surface area contributed by atoms with Crippen molar-refractivity contribution in [3.63, 3.8) is 0 Å². The molecule has 2 aromatic rings. The van der Waals surface area contributed by atoms with Gasteiger partial charge in [0.1, 0.15) is 5.75 Å². The van der Waals surface area contributed by atoms with Crippen LogP contribution >= 0.6 is 0 Å². The molecular formula is C21H25NO4.